The molecule has 1 aromatic heterocycles. The van der Waals surface area contributed by atoms with Gasteiger partial charge in [0.1, 0.15) is 0 Å². The molecule has 0 radical (unpaired) electrons. The Morgan fingerprint density at radius 1 is 1.19 bits per heavy atom. The molecule has 0 unspecified atom stereocenters. The summed E-state index contributed by atoms with van der Waals surface area (Å²) in [6.07, 6.45) is 1.24. The summed E-state index contributed by atoms with van der Waals surface area (Å²) in [5.74, 6) is 0.830. The van der Waals surface area contributed by atoms with Crippen LogP contribution < -0.4 is 5.32 Å². The van der Waals surface area contributed by atoms with Gasteiger partial charge in [0.25, 0.3) is 0 Å². The van der Waals surface area contributed by atoms with E-state index in [2.05, 4.69) is 16.4 Å². The average molecular weight is 414 g/mol. The second kappa shape index (κ2) is 9.56. The fourth-order valence-corrected chi connectivity index (χ4v) is 4.03. The standard InChI is InChI=1S/C20H16ClN3OS2/c21-16-7-9-17(10-8-16)26-11-1-2-19(25)24-20-23-18(13-27-20)15-5-3-14(12-22)4-6-15/h3-10,13H,1-2,11H2,(H,23,24,25). The van der Waals surface area contributed by atoms with Crippen molar-refractivity contribution in [2.45, 2.75) is 17.7 Å². The third-order valence-corrected chi connectivity index (χ3v) is 5.80. The second-order valence-electron chi connectivity index (χ2n) is 5.68. The lowest BCUT2D eigenvalue weighted by Crippen LogP contribution is -2.11. The molecular weight excluding hydrogens is 398 g/mol. The molecule has 1 heterocycles. The molecular formula is C20H16ClN3OS2. The molecule has 0 aliphatic heterocycles. The monoisotopic (exact) mass is 413 g/mol. The Hall–Kier alpha value is -2.33. The van der Waals surface area contributed by atoms with Gasteiger partial charge in [-0.15, -0.1) is 23.1 Å². The van der Waals surface area contributed by atoms with E-state index < -0.39 is 0 Å². The van der Waals surface area contributed by atoms with E-state index in [1.165, 1.54) is 11.3 Å². The molecule has 1 amide bonds. The van der Waals surface area contributed by atoms with Crippen LogP contribution in [0.2, 0.25) is 5.02 Å². The van der Waals surface area contributed by atoms with Crippen LogP contribution in [-0.4, -0.2) is 16.6 Å². The highest BCUT2D eigenvalue weighted by atomic mass is 35.5. The maximum Gasteiger partial charge on any atom is 0.226 e. The zero-order valence-corrected chi connectivity index (χ0v) is 16.7. The van der Waals surface area contributed by atoms with Crippen LogP contribution >= 0.6 is 34.7 Å². The number of carbonyl (C=O) groups is 1. The summed E-state index contributed by atoms with van der Waals surface area (Å²) in [5, 5.41) is 14.9. The molecule has 3 aromatic rings. The zero-order chi connectivity index (χ0) is 19.1. The normalized spacial score (nSPS) is 10.4. The maximum atomic E-state index is 12.1. The van der Waals surface area contributed by atoms with Crippen molar-refractivity contribution in [1.82, 2.24) is 4.98 Å². The smallest absolute Gasteiger partial charge is 0.226 e. The molecule has 136 valence electrons. The topological polar surface area (TPSA) is 65.8 Å². The predicted octanol–water partition coefficient (Wildman–Crippen LogP) is 5.85. The molecule has 27 heavy (non-hydrogen) atoms. The summed E-state index contributed by atoms with van der Waals surface area (Å²) in [6.45, 7) is 0. The van der Waals surface area contributed by atoms with Gasteiger partial charge < -0.3 is 5.32 Å². The van der Waals surface area contributed by atoms with Crippen molar-refractivity contribution >= 4 is 45.7 Å². The van der Waals surface area contributed by atoms with Crippen LogP contribution in [0.15, 0.2) is 58.8 Å². The van der Waals surface area contributed by atoms with E-state index in [1.54, 1.807) is 23.9 Å². The van der Waals surface area contributed by atoms with Gasteiger partial charge in [0.2, 0.25) is 5.91 Å². The summed E-state index contributed by atoms with van der Waals surface area (Å²) < 4.78 is 0. The predicted molar refractivity (Wildman–Crippen MR) is 112 cm³/mol. The number of halogens is 1. The first-order valence-electron chi connectivity index (χ1n) is 8.28. The highest BCUT2D eigenvalue weighted by Gasteiger charge is 2.08. The van der Waals surface area contributed by atoms with Gasteiger partial charge in [-0.25, -0.2) is 4.98 Å². The number of hydrogen-bond acceptors (Lipinski definition) is 5. The minimum atomic E-state index is -0.0348. The summed E-state index contributed by atoms with van der Waals surface area (Å²) in [6, 6.07) is 17.0. The Kier molecular flexibility index (Phi) is 6.88. The van der Waals surface area contributed by atoms with E-state index in [4.69, 9.17) is 16.9 Å². The molecule has 0 saturated carbocycles. The SMILES string of the molecule is N#Cc1ccc(-c2csc(NC(=O)CCCSc3ccc(Cl)cc3)n2)cc1. The Balaban J connectivity index is 1.44. The number of benzene rings is 2. The van der Waals surface area contributed by atoms with Crippen molar-refractivity contribution in [3.63, 3.8) is 0 Å². The Labute approximate surface area is 171 Å². The summed E-state index contributed by atoms with van der Waals surface area (Å²) in [5.41, 5.74) is 2.32. The first-order chi connectivity index (χ1) is 13.1. The van der Waals surface area contributed by atoms with Gasteiger partial charge in [-0.2, -0.15) is 5.26 Å². The number of nitrogens with zero attached hydrogens (tertiary/aromatic N) is 2. The minimum Gasteiger partial charge on any atom is -0.302 e. The van der Waals surface area contributed by atoms with Crippen molar-refractivity contribution in [2.75, 3.05) is 11.1 Å². The molecule has 4 nitrogen and oxygen atoms in total. The molecule has 7 heteroatoms. The van der Waals surface area contributed by atoms with Crippen LogP contribution in [0.25, 0.3) is 11.3 Å². The van der Waals surface area contributed by atoms with Gasteiger partial charge >= 0.3 is 0 Å². The largest absolute Gasteiger partial charge is 0.302 e. The zero-order valence-electron chi connectivity index (χ0n) is 14.3. The Morgan fingerprint density at radius 3 is 2.63 bits per heavy atom. The first kappa shape index (κ1) is 19.4. The number of nitriles is 1. The van der Waals surface area contributed by atoms with E-state index in [0.29, 0.717) is 17.1 Å². The summed E-state index contributed by atoms with van der Waals surface area (Å²) >= 11 is 8.97. The highest BCUT2D eigenvalue weighted by Crippen LogP contribution is 2.25. The van der Waals surface area contributed by atoms with Crippen LogP contribution in [0.5, 0.6) is 0 Å². The third-order valence-electron chi connectivity index (χ3n) is 3.69. The van der Waals surface area contributed by atoms with Crippen LogP contribution in [0.1, 0.15) is 18.4 Å². The van der Waals surface area contributed by atoms with Crippen LogP contribution in [0, 0.1) is 11.3 Å². The second-order valence-corrected chi connectivity index (χ2v) is 8.14. The van der Waals surface area contributed by atoms with Crippen molar-refractivity contribution in [3.05, 3.63) is 64.5 Å². The lowest BCUT2D eigenvalue weighted by atomic mass is 10.1. The maximum absolute atomic E-state index is 12.1. The quantitative estimate of drug-likeness (QED) is 0.390. The van der Waals surface area contributed by atoms with Gasteiger partial charge in [-0.05, 0) is 48.6 Å². The van der Waals surface area contributed by atoms with Crippen LogP contribution in [0.3, 0.4) is 0 Å². The molecule has 0 fully saturated rings. The minimum absolute atomic E-state index is 0.0348. The molecule has 0 aliphatic carbocycles. The van der Waals surface area contributed by atoms with Crippen molar-refractivity contribution in [1.29, 1.82) is 5.26 Å². The fourth-order valence-electron chi connectivity index (χ4n) is 2.31. The number of carbonyl (C=O) groups excluding carboxylic acids is 1. The number of nitrogens with one attached hydrogen (secondary N) is 1. The first-order valence-corrected chi connectivity index (χ1v) is 10.5. The summed E-state index contributed by atoms with van der Waals surface area (Å²) in [7, 11) is 0. The van der Waals surface area contributed by atoms with Crippen molar-refractivity contribution in [2.24, 2.45) is 0 Å². The van der Waals surface area contributed by atoms with Crippen molar-refractivity contribution in [3.8, 4) is 17.3 Å². The van der Waals surface area contributed by atoms with E-state index in [9.17, 15) is 4.79 Å². The molecule has 0 atom stereocenters. The van der Waals surface area contributed by atoms with Gasteiger partial charge in [0.15, 0.2) is 5.13 Å². The third kappa shape index (κ3) is 5.83. The number of rotatable bonds is 7. The van der Waals surface area contributed by atoms with Crippen molar-refractivity contribution < 1.29 is 4.79 Å². The molecule has 1 N–H and O–H groups in total. The van der Waals surface area contributed by atoms with E-state index in [1.807, 2.05) is 41.8 Å². The molecule has 0 spiro atoms. The molecule has 3 rings (SSSR count). The average Bonchev–Trinajstić information content (AvgIpc) is 3.15. The van der Waals surface area contributed by atoms with Gasteiger partial charge in [-0.1, -0.05) is 23.7 Å². The van der Waals surface area contributed by atoms with Gasteiger partial charge in [0, 0.05) is 27.3 Å². The number of hydrogen-bond donors (Lipinski definition) is 1. The van der Waals surface area contributed by atoms with Crippen LogP contribution in [-0.2, 0) is 4.79 Å². The lowest BCUT2D eigenvalue weighted by Gasteiger charge is -2.03. The lowest BCUT2D eigenvalue weighted by molar-refractivity contribution is -0.116. The number of amides is 1. The number of thioether (sulfide) groups is 1. The molecule has 0 saturated heterocycles. The Bertz CT molecular complexity index is 947. The number of anilines is 1. The molecule has 0 aliphatic rings. The molecule has 0 bridgehead atoms. The van der Waals surface area contributed by atoms with Crippen LogP contribution in [0.4, 0.5) is 5.13 Å². The fraction of sp³-hybridized carbons (Fsp3) is 0.150. The van der Waals surface area contributed by atoms with Gasteiger partial charge in [-0.3, -0.25) is 4.79 Å². The highest BCUT2D eigenvalue weighted by molar-refractivity contribution is 7.99. The summed E-state index contributed by atoms with van der Waals surface area (Å²) in [4.78, 5) is 17.7. The number of aromatic nitrogens is 1. The van der Waals surface area contributed by atoms with E-state index >= 15 is 0 Å². The Morgan fingerprint density at radius 2 is 1.93 bits per heavy atom. The van der Waals surface area contributed by atoms with E-state index in [0.717, 1.165) is 33.3 Å². The number of thiazole rings is 1. The molecule has 2 aromatic carbocycles. The van der Waals surface area contributed by atoms with Gasteiger partial charge in [0.05, 0.1) is 17.3 Å². The van der Waals surface area contributed by atoms with E-state index in [-0.39, 0.29) is 5.91 Å².